The minimum atomic E-state index is -1.53. The quantitative estimate of drug-likeness (QED) is 0.676. The summed E-state index contributed by atoms with van der Waals surface area (Å²) < 4.78 is 6.85. The maximum absolute atomic E-state index is 6.85. The lowest BCUT2D eigenvalue weighted by atomic mass is 9.81. The molecule has 3 heteroatoms. The van der Waals surface area contributed by atoms with Crippen LogP contribution in [0.1, 0.15) is 37.3 Å². The number of hydrogen-bond donors (Lipinski definition) is 0. The molecule has 1 aliphatic rings. The Labute approximate surface area is 126 Å². The Morgan fingerprint density at radius 2 is 1.75 bits per heavy atom. The van der Waals surface area contributed by atoms with Crippen molar-refractivity contribution in [2.75, 3.05) is 0 Å². The van der Waals surface area contributed by atoms with Gasteiger partial charge < -0.3 is 4.43 Å². The molecule has 0 N–H and O–H groups in total. The van der Waals surface area contributed by atoms with Gasteiger partial charge in [0, 0.05) is 5.92 Å². The Kier molecular flexibility index (Phi) is 4.09. The van der Waals surface area contributed by atoms with Crippen LogP contribution in [-0.4, -0.2) is 21.0 Å². The van der Waals surface area contributed by atoms with Crippen LogP contribution >= 0.6 is 0 Å². The summed E-state index contributed by atoms with van der Waals surface area (Å²) in [5.41, 5.74) is 2.87. The summed E-state index contributed by atoms with van der Waals surface area (Å²) >= 11 is 0. The zero-order valence-corrected chi connectivity index (χ0v) is 16.2. The molecule has 1 aliphatic heterocycles. The summed E-state index contributed by atoms with van der Waals surface area (Å²) in [6.45, 7) is 16.9. The van der Waals surface area contributed by atoms with Crippen LogP contribution in [0.15, 0.2) is 24.3 Å². The van der Waals surface area contributed by atoms with Gasteiger partial charge in [-0.25, -0.2) is 0 Å². The highest BCUT2D eigenvalue weighted by Gasteiger charge is 2.53. The largest absolute Gasteiger partial charge is 0.414 e. The van der Waals surface area contributed by atoms with Gasteiger partial charge in [0.05, 0.1) is 13.2 Å². The lowest BCUT2D eigenvalue weighted by Crippen LogP contribution is -2.65. The summed E-state index contributed by atoms with van der Waals surface area (Å²) in [7, 11) is -2.68. The highest BCUT2D eigenvalue weighted by atomic mass is 29.3. The van der Waals surface area contributed by atoms with Crippen LogP contribution in [0.25, 0.3) is 0 Å². The van der Waals surface area contributed by atoms with E-state index in [0.29, 0.717) is 5.92 Å². The first-order valence-corrected chi connectivity index (χ1v) is 15.0. The zero-order valence-electron chi connectivity index (χ0n) is 14.2. The molecule has 0 aliphatic carbocycles. The van der Waals surface area contributed by atoms with Gasteiger partial charge in [-0.15, -0.1) is 0 Å². The van der Waals surface area contributed by atoms with Crippen LogP contribution in [0.3, 0.4) is 0 Å². The first kappa shape index (κ1) is 16.0. The summed E-state index contributed by atoms with van der Waals surface area (Å²) in [5.74, 6) is 0.473. The smallest absolute Gasteiger partial charge is 0.174 e. The fourth-order valence-corrected chi connectivity index (χ4v) is 10.5. The second-order valence-electron chi connectivity index (χ2n) is 7.89. The lowest BCUT2D eigenvalue weighted by Gasteiger charge is -2.53. The highest BCUT2D eigenvalue weighted by molar-refractivity contribution is 7.38. The third-order valence-electron chi connectivity index (χ3n) is 5.94. The molecule has 1 nitrogen and oxygen atoms in total. The highest BCUT2D eigenvalue weighted by Crippen LogP contribution is 2.45. The molecule has 0 aromatic heterocycles. The van der Waals surface area contributed by atoms with Crippen LogP contribution in [0, 0.1) is 6.92 Å². The van der Waals surface area contributed by atoms with Crippen molar-refractivity contribution in [2.24, 2.45) is 0 Å². The van der Waals surface area contributed by atoms with E-state index in [2.05, 4.69) is 71.2 Å². The lowest BCUT2D eigenvalue weighted by molar-refractivity contribution is 0.0484. The Morgan fingerprint density at radius 1 is 1.15 bits per heavy atom. The third kappa shape index (κ3) is 2.68. The number of aryl methyl sites for hydroxylation is 1. The van der Waals surface area contributed by atoms with Crippen molar-refractivity contribution in [2.45, 2.75) is 70.9 Å². The van der Waals surface area contributed by atoms with Crippen LogP contribution in [0.4, 0.5) is 0 Å². The second kappa shape index (κ2) is 5.11. The van der Waals surface area contributed by atoms with E-state index in [9.17, 15) is 0 Å². The number of benzene rings is 1. The zero-order chi connectivity index (χ0) is 15.2. The van der Waals surface area contributed by atoms with Gasteiger partial charge in [0.15, 0.2) is 7.83 Å². The van der Waals surface area contributed by atoms with Crippen molar-refractivity contribution >= 4 is 15.4 Å². The van der Waals surface area contributed by atoms with Gasteiger partial charge in [0.2, 0.25) is 0 Å². The number of rotatable bonds is 2. The average molecular weight is 307 g/mol. The van der Waals surface area contributed by atoms with E-state index in [4.69, 9.17) is 4.43 Å². The summed E-state index contributed by atoms with van der Waals surface area (Å²) in [6.07, 6.45) is 1.22. The first-order valence-electron chi connectivity index (χ1n) is 7.85. The fourth-order valence-electron chi connectivity index (χ4n) is 3.34. The Balaban J connectivity index is 2.31. The molecule has 1 saturated heterocycles. The van der Waals surface area contributed by atoms with Gasteiger partial charge in [-0.1, -0.05) is 50.3 Å². The molecule has 0 radical (unpaired) electrons. The standard InChI is InChI=1S/C17H30OSi2/c1-14-10-8-9-11-16(14)15(2)17(3)12-13-19(4,5)20(6,7)18-17/h8-11,15H,12-13H2,1-7H3. The van der Waals surface area contributed by atoms with E-state index < -0.39 is 15.4 Å². The molecule has 2 unspecified atom stereocenters. The SMILES string of the molecule is Cc1ccccc1C(C)C1(C)CC[Si](C)(C)[Si](C)(C)O1. The summed E-state index contributed by atoms with van der Waals surface area (Å²) in [6, 6.07) is 10.2. The monoisotopic (exact) mass is 306 g/mol. The third-order valence-corrected chi connectivity index (χ3v) is 22.5. The van der Waals surface area contributed by atoms with Gasteiger partial charge in [0.1, 0.15) is 0 Å². The summed E-state index contributed by atoms with van der Waals surface area (Å²) in [4.78, 5) is 0. The fraction of sp³-hybridized carbons (Fsp3) is 0.647. The van der Waals surface area contributed by atoms with Gasteiger partial charge in [0.25, 0.3) is 0 Å². The molecule has 1 fully saturated rings. The molecular weight excluding hydrogens is 276 g/mol. The van der Waals surface area contributed by atoms with Crippen LogP contribution < -0.4 is 0 Å². The molecule has 0 bridgehead atoms. The van der Waals surface area contributed by atoms with Crippen molar-refractivity contribution in [1.82, 2.24) is 0 Å². The van der Waals surface area contributed by atoms with E-state index in [0.717, 1.165) is 0 Å². The van der Waals surface area contributed by atoms with Crippen molar-refractivity contribution in [3.63, 3.8) is 0 Å². The maximum atomic E-state index is 6.85. The first-order chi connectivity index (χ1) is 9.09. The van der Waals surface area contributed by atoms with E-state index in [1.807, 2.05) is 0 Å². The van der Waals surface area contributed by atoms with Gasteiger partial charge >= 0.3 is 0 Å². The van der Waals surface area contributed by atoms with Crippen molar-refractivity contribution in [1.29, 1.82) is 0 Å². The van der Waals surface area contributed by atoms with E-state index in [1.165, 1.54) is 23.6 Å². The molecule has 0 saturated carbocycles. The van der Waals surface area contributed by atoms with Gasteiger partial charge in [-0.05, 0) is 44.5 Å². The Bertz CT molecular complexity index is 496. The minimum Gasteiger partial charge on any atom is -0.414 e. The molecule has 1 aromatic rings. The minimum absolute atomic E-state index is 0.0182. The van der Waals surface area contributed by atoms with E-state index in [-0.39, 0.29) is 5.60 Å². The summed E-state index contributed by atoms with van der Waals surface area (Å²) in [5, 5.41) is 0. The average Bonchev–Trinajstić information content (AvgIpc) is 2.34. The predicted molar refractivity (Wildman–Crippen MR) is 93.5 cm³/mol. The van der Waals surface area contributed by atoms with Crippen molar-refractivity contribution in [3.05, 3.63) is 35.4 Å². The van der Waals surface area contributed by atoms with Gasteiger partial charge in [-0.2, -0.15) is 0 Å². The van der Waals surface area contributed by atoms with Crippen LogP contribution in [0.5, 0.6) is 0 Å². The number of hydrogen-bond acceptors (Lipinski definition) is 1. The maximum Gasteiger partial charge on any atom is 0.174 e. The van der Waals surface area contributed by atoms with E-state index >= 15 is 0 Å². The van der Waals surface area contributed by atoms with Gasteiger partial charge in [-0.3, -0.25) is 0 Å². The molecule has 1 heterocycles. The van der Waals surface area contributed by atoms with Crippen molar-refractivity contribution in [3.8, 4) is 0 Å². The molecule has 1 aromatic carbocycles. The Morgan fingerprint density at radius 3 is 2.30 bits per heavy atom. The molecule has 2 atom stereocenters. The molecular formula is C17H30OSi2. The van der Waals surface area contributed by atoms with Crippen LogP contribution in [0.2, 0.25) is 32.2 Å². The van der Waals surface area contributed by atoms with Crippen LogP contribution in [-0.2, 0) is 4.43 Å². The second-order valence-corrected chi connectivity index (χ2v) is 23.1. The molecule has 112 valence electrons. The Hall–Kier alpha value is -0.386. The molecule has 20 heavy (non-hydrogen) atoms. The molecule has 2 rings (SSSR count). The molecule has 0 amide bonds. The topological polar surface area (TPSA) is 9.23 Å². The van der Waals surface area contributed by atoms with E-state index in [1.54, 1.807) is 0 Å². The predicted octanol–water partition coefficient (Wildman–Crippen LogP) is 5.27. The molecule has 0 spiro atoms. The van der Waals surface area contributed by atoms with Crippen molar-refractivity contribution < 1.29 is 4.43 Å². The normalized spacial score (nSPS) is 29.9.